The number of rotatable bonds is 10. The fourth-order valence-electron chi connectivity index (χ4n) is 4.93. The van der Waals surface area contributed by atoms with Gasteiger partial charge in [-0.2, -0.15) is 0 Å². The molecule has 37 heavy (non-hydrogen) atoms. The first-order valence-corrected chi connectivity index (χ1v) is 13.2. The van der Waals surface area contributed by atoms with Gasteiger partial charge in [0.15, 0.2) is 0 Å². The number of piperidine rings is 2. The molecule has 0 saturated carbocycles. The largest absolute Gasteiger partial charge is 0.463 e. The molecular weight excluding hydrogens is 474 g/mol. The van der Waals surface area contributed by atoms with Gasteiger partial charge in [0.05, 0.1) is 13.2 Å². The first kappa shape index (κ1) is 28.2. The van der Waals surface area contributed by atoms with E-state index in [1.807, 2.05) is 30.3 Å². The van der Waals surface area contributed by atoms with Gasteiger partial charge in [-0.25, -0.2) is 9.59 Å². The van der Waals surface area contributed by atoms with Gasteiger partial charge in [-0.3, -0.25) is 9.59 Å². The third-order valence-electron chi connectivity index (χ3n) is 6.93. The minimum absolute atomic E-state index is 0.0210. The normalized spacial score (nSPS) is 18.9. The molecule has 0 bridgehead atoms. The minimum Gasteiger partial charge on any atom is -0.463 e. The predicted molar refractivity (Wildman–Crippen MR) is 138 cm³/mol. The Kier molecular flexibility index (Phi) is 11.0. The third kappa shape index (κ3) is 9.22. The summed E-state index contributed by atoms with van der Waals surface area (Å²) in [5.74, 6) is -0.412. The van der Waals surface area contributed by atoms with Crippen LogP contribution in [0.3, 0.4) is 0 Å². The van der Waals surface area contributed by atoms with Gasteiger partial charge < -0.3 is 24.6 Å². The second-order valence-electron chi connectivity index (χ2n) is 9.77. The number of carbonyl (C=O) groups is 4. The fourth-order valence-corrected chi connectivity index (χ4v) is 4.93. The molecule has 2 heterocycles. The molecule has 0 unspecified atom stereocenters. The van der Waals surface area contributed by atoms with Crippen LogP contribution in [0.4, 0.5) is 4.79 Å². The van der Waals surface area contributed by atoms with Crippen molar-refractivity contribution in [3.63, 3.8) is 0 Å². The van der Waals surface area contributed by atoms with Crippen LogP contribution in [-0.2, 0) is 30.5 Å². The molecule has 9 nitrogen and oxygen atoms in total. The van der Waals surface area contributed by atoms with Crippen molar-refractivity contribution in [2.24, 2.45) is 11.8 Å². The maximum absolute atomic E-state index is 13.0. The standard InChI is InChI=1S/C28H39N3O6/c1-3-36-26(33)18-21(2)29-25(32)19-31-15-7-10-24(27(31)34)12-11-22-13-16-30(17-14-22)28(35)37-20-23-8-5-4-6-9-23/h4-6,8-9,18,22,24H,3,7,10-17,19-20H2,1-2H3,(H,29,32)/b21-18+/t24-/m0/s1. The molecule has 1 atom stereocenters. The lowest BCUT2D eigenvalue weighted by Gasteiger charge is -2.34. The average molecular weight is 514 g/mol. The third-order valence-corrected chi connectivity index (χ3v) is 6.93. The van der Waals surface area contributed by atoms with E-state index in [4.69, 9.17) is 9.47 Å². The van der Waals surface area contributed by atoms with Gasteiger partial charge in [0.2, 0.25) is 11.8 Å². The zero-order chi connectivity index (χ0) is 26.6. The van der Waals surface area contributed by atoms with Gasteiger partial charge in [0.1, 0.15) is 6.61 Å². The summed E-state index contributed by atoms with van der Waals surface area (Å²) >= 11 is 0. The number of likely N-dealkylation sites (tertiary alicyclic amines) is 2. The molecule has 0 aliphatic carbocycles. The van der Waals surface area contributed by atoms with Crippen LogP contribution < -0.4 is 5.32 Å². The maximum Gasteiger partial charge on any atom is 0.410 e. The van der Waals surface area contributed by atoms with E-state index in [1.54, 1.807) is 23.6 Å². The molecular formula is C28H39N3O6. The molecule has 1 aromatic carbocycles. The highest BCUT2D eigenvalue weighted by molar-refractivity contribution is 5.88. The summed E-state index contributed by atoms with van der Waals surface area (Å²) in [7, 11) is 0. The zero-order valence-corrected chi connectivity index (χ0v) is 21.9. The zero-order valence-electron chi connectivity index (χ0n) is 21.9. The van der Waals surface area contributed by atoms with Crippen LogP contribution >= 0.6 is 0 Å². The van der Waals surface area contributed by atoms with Gasteiger partial charge in [0.25, 0.3) is 0 Å². The number of carbonyl (C=O) groups excluding carboxylic acids is 4. The van der Waals surface area contributed by atoms with Crippen LogP contribution in [0.25, 0.3) is 0 Å². The molecule has 0 aromatic heterocycles. The van der Waals surface area contributed by atoms with Crippen molar-refractivity contribution in [1.29, 1.82) is 0 Å². The Balaban J connectivity index is 1.37. The van der Waals surface area contributed by atoms with Crippen LogP contribution in [0.15, 0.2) is 42.1 Å². The van der Waals surface area contributed by atoms with Crippen molar-refractivity contribution in [3.8, 4) is 0 Å². The number of amides is 3. The highest BCUT2D eigenvalue weighted by Gasteiger charge is 2.31. The number of nitrogens with one attached hydrogen (secondary N) is 1. The highest BCUT2D eigenvalue weighted by atomic mass is 16.6. The maximum atomic E-state index is 13.0. The first-order valence-electron chi connectivity index (χ1n) is 13.2. The molecule has 3 amide bonds. The predicted octanol–water partition coefficient (Wildman–Crippen LogP) is 3.64. The van der Waals surface area contributed by atoms with Crippen LogP contribution in [0.2, 0.25) is 0 Å². The molecule has 9 heteroatoms. The van der Waals surface area contributed by atoms with Gasteiger partial charge in [0, 0.05) is 37.3 Å². The number of esters is 1. The quantitative estimate of drug-likeness (QED) is 0.378. The number of hydrogen-bond acceptors (Lipinski definition) is 6. The molecule has 1 aromatic rings. The van der Waals surface area contributed by atoms with E-state index in [1.165, 1.54) is 6.08 Å². The lowest BCUT2D eigenvalue weighted by molar-refractivity contribution is -0.142. The molecule has 202 valence electrons. The first-order chi connectivity index (χ1) is 17.9. The van der Waals surface area contributed by atoms with Crippen molar-refractivity contribution in [1.82, 2.24) is 15.1 Å². The topological polar surface area (TPSA) is 105 Å². The molecule has 1 N–H and O–H groups in total. The van der Waals surface area contributed by atoms with Crippen LogP contribution in [0, 0.1) is 11.8 Å². The number of ether oxygens (including phenoxy) is 2. The Morgan fingerprint density at radius 2 is 1.76 bits per heavy atom. The monoisotopic (exact) mass is 513 g/mol. The number of hydrogen-bond donors (Lipinski definition) is 1. The Morgan fingerprint density at radius 3 is 2.46 bits per heavy atom. The summed E-state index contributed by atoms with van der Waals surface area (Å²) in [6.45, 7) is 5.75. The molecule has 2 aliphatic rings. The number of benzene rings is 1. The number of nitrogens with zero attached hydrogens (tertiary/aromatic N) is 2. The molecule has 0 radical (unpaired) electrons. The summed E-state index contributed by atoms with van der Waals surface area (Å²) in [4.78, 5) is 52.7. The van der Waals surface area contributed by atoms with Crippen molar-refractivity contribution in [2.75, 3.05) is 32.8 Å². The van der Waals surface area contributed by atoms with Crippen LogP contribution in [0.1, 0.15) is 57.9 Å². The second-order valence-corrected chi connectivity index (χ2v) is 9.77. The summed E-state index contributed by atoms with van der Waals surface area (Å²) in [6.07, 6.45) is 6.20. The molecule has 2 fully saturated rings. The summed E-state index contributed by atoms with van der Waals surface area (Å²) < 4.78 is 10.3. The van der Waals surface area contributed by atoms with Crippen LogP contribution in [0.5, 0.6) is 0 Å². The smallest absolute Gasteiger partial charge is 0.410 e. The van der Waals surface area contributed by atoms with Gasteiger partial charge >= 0.3 is 12.1 Å². The summed E-state index contributed by atoms with van der Waals surface area (Å²) in [5, 5.41) is 2.65. The molecule has 0 spiro atoms. The van der Waals surface area contributed by atoms with Gasteiger partial charge in [-0.05, 0) is 63.9 Å². The SMILES string of the molecule is CCOC(=O)/C=C(\C)NC(=O)CN1CCC[C@@H](CCC2CCN(C(=O)OCc3ccccc3)CC2)C1=O. The van der Waals surface area contributed by atoms with E-state index in [9.17, 15) is 19.2 Å². The Morgan fingerprint density at radius 1 is 1.03 bits per heavy atom. The summed E-state index contributed by atoms with van der Waals surface area (Å²) in [6, 6.07) is 9.65. The second kappa shape index (κ2) is 14.4. The van der Waals surface area contributed by atoms with Gasteiger partial charge in [-0.15, -0.1) is 0 Å². The fraction of sp³-hybridized carbons (Fsp3) is 0.571. The Hall–Kier alpha value is -3.36. The van der Waals surface area contributed by atoms with Crippen molar-refractivity contribution >= 4 is 23.9 Å². The number of allylic oxidation sites excluding steroid dienone is 1. The van der Waals surface area contributed by atoms with E-state index in [2.05, 4.69) is 5.32 Å². The lowest BCUT2D eigenvalue weighted by atomic mass is 9.85. The van der Waals surface area contributed by atoms with Crippen molar-refractivity contribution in [2.45, 2.75) is 59.0 Å². The summed E-state index contributed by atoms with van der Waals surface area (Å²) in [5.41, 5.74) is 1.36. The van der Waals surface area contributed by atoms with E-state index in [0.29, 0.717) is 31.2 Å². The van der Waals surface area contributed by atoms with E-state index in [0.717, 1.165) is 44.1 Å². The van der Waals surface area contributed by atoms with Crippen molar-refractivity contribution in [3.05, 3.63) is 47.7 Å². The van der Waals surface area contributed by atoms with Crippen molar-refractivity contribution < 1.29 is 28.7 Å². The lowest BCUT2D eigenvalue weighted by Crippen LogP contribution is -2.46. The minimum atomic E-state index is -0.510. The highest BCUT2D eigenvalue weighted by Crippen LogP contribution is 2.28. The van der Waals surface area contributed by atoms with E-state index >= 15 is 0 Å². The molecule has 3 rings (SSSR count). The Labute approximate surface area is 219 Å². The van der Waals surface area contributed by atoms with E-state index < -0.39 is 5.97 Å². The average Bonchev–Trinajstić information content (AvgIpc) is 2.88. The Bertz CT molecular complexity index is 956. The molecule has 2 aliphatic heterocycles. The van der Waals surface area contributed by atoms with E-state index in [-0.39, 0.29) is 43.6 Å². The van der Waals surface area contributed by atoms with Gasteiger partial charge in [-0.1, -0.05) is 30.3 Å². The van der Waals surface area contributed by atoms with Crippen LogP contribution in [-0.4, -0.2) is 66.5 Å². The molecule has 2 saturated heterocycles.